The van der Waals surface area contributed by atoms with Gasteiger partial charge in [0.2, 0.25) is 0 Å². The molecule has 0 saturated heterocycles. The summed E-state index contributed by atoms with van der Waals surface area (Å²) in [6.45, 7) is 0. The molecule has 0 spiro atoms. The van der Waals surface area contributed by atoms with Gasteiger partial charge in [-0.1, -0.05) is 30.3 Å². The van der Waals surface area contributed by atoms with E-state index in [4.69, 9.17) is 10.5 Å². The Hall–Kier alpha value is -2.39. The van der Waals surface area contributed by atoms with Crippen LogP contribution in [0.15, 0.2) is 60.8 Å². The molecule has 104 valence electrons. The molecule has 21 heavy (non-hydrogen) atoms. The zero-order valence-electron chi connectivity index (χ0n) is 11.6. The Kier molecular flexibility index (Phi) is 2.86. The second-order valence-corrected chi connectivity index (χ2v) is 5.44. The number of nitrogens with two attached hydrogens (primary N) is 1. The van der Waals surface area contributed by atoms with Crippen LogP contribution in [0, 0.1) is 0 Å². The summed E-state index contributed by atoms with van der Waals surface area (Å²) in [7, 11) is 0. The molecule has 0 aliphatic carbocycles. The highest BCUT2D eigenvalue weighted by Crippen LogP contribution is 2.39. The van der Waals surface area contributed by atoms with Crippen molar-refractivity contribution in [2.45, 2.75) is 18.6 Å². The topological polar surface area (TPSA) is 48.1 Å². The van der Waals surface area contributed by atoms with Gasteiger partial charge < -0.3 is 10.5 Å². The van der Waals surface area contributed by atoms with Gasteiger partial charge in [-0.05, 0) is 29.8 Å². The number of benzene rings is 2. The second-order valence-electron chi connectivity index (χ2n) is 5.44. The van der Waals surface area contributed by atoms with Crippen molar-refractivity contribution in [3.8, 4) is 5.75 Å². The second kappa shape index (κ2) is 4.86. The van der Waals surface area contributed by atoms with Gasteiger partial charge in [-0.25, -0.2) is 0 Å². The Balaban J connectivity index is 1.73. The molecule has 3 nitrogen and oxygen atoms in total. The zero-order chi connectivity index (χ0) is 14.2. The number of ether oxygens (including phenoxy) is 1. The van der Waals surface area contributed by atoms with E-state index in [1.54, 1.807) is 0 Å². The van der Waals surface area contributed by atoms with E-state index in [0.29, 0.717) is 0 Å². The summed E-state index contributed by atoms with van der Waals surface area (Å²) in [5.41, 5.74) is 9.54. The molecule has 1 aliphatic rings. The van der Waals surface area contributed by atoms with E-state index in [-0.39, 0.29) is 12.1 Å². The van der Waals surface area contributed by atoms with Crippen LogP contribution in [0.5, 0.6) is 5.75 Å². The lowest BCUT2D eigenvalue weighted by molar-refractivity contribution is 0.161. The lowest BCUT2D eigenvalue weighted by atomic mass is 9.93. The molecule has 2 heterocycles. The summed E-state index contributed by atoms with van der Waals surface area (Å²) in [5, 5.41) is 1.13. The minimum Gasteiger partial charge on any atom is -0.485 e. The number of hydrogen-bond donors (Lipinski definition) is 1. The van der Waals surface area contributed by atoms with Gasteiger partial charge in [-0.3, -0.25) is 4.98 Å². The Morgan fingerprint density at radius 2 is 1.95 bits per heavy atom. The van der Waals surface area contributed by atoms with E-state index in [1.807, 2.05) is 42.6 Å². The molecule has 1 aromatic heterocycles. The van der Waals surface area contributed by atoms with Crippen molar-refractivity contribution >= 4 is 10.9 Å². The fourth-order valence-electron chi connectivity index (χ4n) is 2.95. The maximum atomic E-state index is 6.29. The van der Waals surface area contributed by atoms with Crippen molar-refractivity contribution in [2.75, 3.05) is 0 Å². The largest absolute Gasteiger partial charge is 0.485 e. The van der Waals surface area contributed by atoms with Crippen LogP contribution in [0.2, 0.25) is 0 Å². The molecular formula is C18H16N2O. The predicted molar refractivity (Wildman–Crippen MR) is 83.1 cm³/mol. The molecule has 2 N–H and O–H groups in total. The van der Waals surface area contributed by atoms with E-state index >= 15 is 0 Å². The highest BCUT2D eigenvalue weighted by Gasteiger charge is 2.26. The lowest BCUT2D eigenvalue weighted by Crippen LogP contribution is -2.24. The van der Waals surface area contributed by atoms with E-state index in [1.165, 1.54) is 0 Å². The van der Waals surface area contributed by atoms with Gasteiger partial charge in [0.05, 0.1) is 5.52 Å². The predicted octanol–water partition coefficient (Wildman–Crippen LogP) is 3.76. The summed E-state index contributed by atoms with van der Waals surface area (Å²) in [6, 6.07) is 18.3. The molecule has 0 saturated carbocycles. The number of fused-ring (bicyclic) bond motifs is 2. The smallest absolute Gasteiger partial charge is 0.126 e. The molecule has 0 bridgehead atoms. The van der Waals surface area contributed by atoms with E-state index < -0.39 is 0 Å². The number of rotatable bonds is 1. The highest BCUT2D eigenvalue weighted by molar-refractivity contribution is 5.79. The molecule has 3 heteroatoms. The summed E-state index contributed by atoms with van der Waals surface area (Å²) >= 11 is 0. The molecule has 0 amide bonds. The Morgan fingerprint density at radius 1 is 1.05 bits per heavy atom. The van der Waals surface area contributed by atoms with Gasteiger partial charge in [0, 0.05) is 29.6 Å². The molecule has 4 rings (SSSR count). The SMILES string of the molecule is N[C@H]1CC(c2ccc3ncccc3c2)Oc2ccccc21. The summed E-state index contributed by atoms with van der Waals surface area (Å²) < 4.78 is 6.14. The van der Waals surface area contributed by atoms with Gasteiger partial charge in [0.15, 0.2) is 0 Å². The molecular weight excluding hydrogens is 260 g/mol. The van der Waals surface area contributed by atoms with Crippen LogP contribution in [0.1, 0.15) is 29.7 Å². The summed E-state index contributed by atoms with van der Waals surface area (Å²) in [4.78, 5) is 4.35. The summed E-state index contributed by atoms with van der Waals surface area (Å²) in [5.74, 6) is 0.896. The van der Waals surface area contributed by atoms with E-state index in [2.05, 4.69) is 23.2 Å². The number of aromatic nitrogens is 1. The van der Waals surface area contributed by atoms with Crippen molar-refractivity contribution in [3.63, 3.8) is 0 Å². The van der Waals surface area contributed by atoms with E-state index in [0.717, 1.165) is 34.2 Å². The third-order valence-electron chi connectivity index (χ3n) is 4.05. The third-order valence-corrected chi connectivity index (χ3v) is 4.05. The maximum Gasteiger partial charge on any atom is 0.126 e. The van der Waals surface area contributed by atoms with Crippen LogP contribution in [-0.4, -0.2) is 4.98 Å². The summed E-state index contributed by atoms with van der Waals surface area (Å²) in [6.07, 6.45) is 2.60. The molecule has 1 aliphatic heterocycles. The van der Waals surface area contributed by atoms with Crippen LogP contribution in [0.4, 0.5) is 0 Å². The van der Waals surface area contributed by atoms with Crippen molar-refractivity contribution in [1.82, 2.24) is 4.98 Å². The highest BCUT2D eigenvalue weighted by atomic mass is 16.5. The first-order chi connectivity index (χ1) is 10.3. The fraction of sp³-hybridized carbons (Fsp3) is 0.167. The molecule has 3 aromatic rings. The van der Waals surface area contributed by atoms with Gasteiger partial charge in [-0.15, -0.1) is 0 Å². The Labute approximate surface area is 123 Å². The van der Waals surface area contributed by atoms with Crippen LogP contribution >= 0.6 is 0 Å². The standard InChI is InChI=1S/C18H16N2O/c19-15-11-18(21-17-6-2-1-5-14(15)17)13-7-8-16-12(10-13)4-3-9-20-16/h1-10,15,18H,11,19H2/t15-,18?/m0/s1. The quantitative estimate of drug-likeness (QED) is 0.736. The first-order valence-electron chi connectivity index (χ1n) is 7.17. The molecule has 2 atom stereocenters. The van der Waals surface area contributed by atoms with E-state index in [9.17, 15) is 0 Å². The first kappa shape index (κ1) is 12.4. The van der Waals surface area contributed by atoms with Crippen molar-refractivity contribution in [3.05, 3.63) is 71.9 Å². The van der Waals surface area contributed by atoms with Gasteiger partial charge in [-0.2, -0.15) is 0 Å². The van der Waals surface area contributed by atoms with Crippen molar-refractivity contribution < 1.29 is 4.74 Å². The van der Waals surface area contributed by atoms with Crippen molar-refractivity contribution in [1.29, 1.82) is 0 Å². The zero-order valence-corrected chi connectivity index (χ0v) is 11.6. The van der Waals surface area contributed by atoms with Crippen LogP contribution in [0.25, 0.3) is 10.9 Å². The molecule has 0 radical (unpaired) electrons. The first-order valence-corrected chi connectivity index (χ1v) is 7.17. The number of nitrogens with zero attached hydrogens (tertiary/aromatic N) is 1. The van der Waals surface area contributed by atoms with Crippen molar-refractivity contribution in [2.24, 2.45) is 5.73 Å². The fourth-order valence-corrected chi connectivity index (χ4v) is 2.95. The van der Waals surface area contributed by atoms with Gasteiger partial charge in [0.1, 0.15) is 11.9 Å². The minimum atomic E-state index is -0.000457. The van der Waals surface area contributed by atoms with Crippen LogP contribution in [-0.2, 0) is 0 Å². The average molecular weight is 276 g/mol. The lowest BCUT2D eigenvalue weighted by Gasteiger charge is -2.30. The Morgan fingerprint density at radius 3 is 2.90 bits per heavy atom. The number of pyridine rings is 1. The molecule has 1 unspecified atom stereocenters. The molecule has 2 aromatic carbocycles. The normalized spacial score (nSPS) is 20.8. The third kappa shape index (κ3) is 2.16. The van der Waals surface area contributed by atoms with Gasteiger partial charge >= 0.3 is 0 Å². The monoisotopic (exact) mass is 276 g/mol. The Bertz CT molecular complexity index is 800. The molecule has 0 fully saturated rings. The van der Waals surface area contributed by atoms with Crippen LogP contribution < -0.4 is 10.5 Å². The maximum absolute atomic E-state index is 6.29. The van der Waals surface area contributed by atoms with Crippen LogP contribution in [0.3, 0.4) is 0 Å². The number of hydrogen-bond acceptors (Lipinski definition) is 3. The minimum absolute atomic E-state index is 0.000457. The average Bonchev–Trinajstić information content (AvgIpc) is 2.54. The number of para-hydroxylation sites is 1. The van der Waals surface area contributed by atoms with Gasteiger partial charge in [0.25, 0.3) is 0 Å².